The van der Waals surface area contributed by atoms with Crippen molar-refractivity contribution in [3.05, 3.63) is 36.5 Å². The SMILES string of the molecule is CCN(CC)CC(=O)Nc1ccc(-n2ccnc2C)nc1. The van der Waals surface area contributed by atoms with Crippen molar-refractivity contribution >= 4 is 11.6 Å². The number of carbonyl (C=O) groups excluding carboxylic acids is 1. The van der Waals surface area contributed by atoms with Gasteiger partial charge in [0.2, 0.25) is 5.91 Å². The number of aromatic nitrogens is 3. The fourth-order valence-corrected chi connectivity index (χ4v) is 2.07. The maximum atomic E-state index is 11.9. The number of hydrogen-bond acceptors (Lipinski definition) is 4. The summed E-state index contributed by atoms with van der Waals surface area (Å²) in [5.41, 5.74) is 0.702. The minimum atomic E-state index is -0.0212. The maximum Gasteiger partial charge on any atom is 0.238 e. The normalized spacial score (nSPS) is 10.9. The van der Waals surface area contributed by atoms with E-state index in [0.29, 0.717) is 12.2 Å². The second kappa shape index (κ2) is 6.99. The lowest BCUT2D eigenvalue weighted by Crippen LogP contribution is -2.32. The molecule has 0 unspecified atom stereocenters. The van der Waals surface area contributed by atoms with Gasteiger partial charge in [0, 0.05) is 12.4 Å². The second-order valence-corrected chi connectivity index (χ2v) is 4.76. The molecule has 2 heterocycles. The Balaban J connectivity index is 2.00. The third-order valence-corrected chi connectivity index (χ3v) is 3.37. The molecule has 0 spiro atoms. The van der Waals surface area contributed by atoms with E-state index in [2.05, 4.69) is 20.2 Å². The van der Waals surface area contributed by atoms with Crippen LogP contribution in [0.4, 0.5) is 5.69 Å². The van der Waals surface area contributed by atoms with Crippen molar-refractivity contribution in [2.24, 2.45) is 0 Å². The summed E-state index contributed by atoms with van der Waals surface area (Å²) in [5.74, 6) is 1.64. The third-order valence-electron chi connectivity index (χ3n) is 3.37. The molecule has 0 aliphatic rings. The van der Waals surface area contributed by atoms with E-state index in [0.717, 1.165) is 24.7 Å². The number of anilines is 1. The van der Waals surface area contributed by atoms with Crippen LogP contribution in [0, 0.1) is 6.92 Å². The van der Waals surface area contributed by atoms with Gasteiger partial charge in [-0.3, -0.25) is 14.3 Å². The summed E-state index contributed by atoms with van der Waals surface area (Å²) in [6, 6.07) is 3.71. The minimum Gasteiger partial charge on any atom is -0.324 e. The summed E-state index contributed by atoms with van der Waals surface area (Å²) < 4.78 is 1.89. The number of nitrogens with zero attached hydrogens (tertiary/aromatic N) is 4. The largest absolute Gasteiger partial charge is 0.324 e. The second-order valence-electron chi connectivity index (χ2n) is 4.76. The summed E-state index contributed by atoms with van der Waals surface area (Å²) in [7, 11) is 0. The molecule has 2 rings (SSSR count). The summed E-state index contributed by atoms with van der Waals surface area (Å²) in [6.07, 6.45) is 5.25. The van der Waals surface area contributed by atoms with Gasteiger partial charge in [0.05, 0.1) is 18.4 Å². The Labute approximate surface area is 124 Å². The maximum absolute atomic E-state index is 11.9. The first-order valence-electron chi connectivity index (χ1n) is 7.12. The molecule has 0 atom stereocenters. The third kappa shape index (κ3) is 3.88. The van der Waals surface area contributed by atoms with Gasteiger partial charge in [-0.15, -0.1) is 0 Å². The molecule has 21 heavy (non-hydrogen) atoms. The van der Waals surface area contributed by atoms with E-state index >= 15 is 0 Å². The first kappa shape index (κ1) is 15.2. The summed E-state index contributed by atoms with van der Waals surface area (Å²) in [6.45, 7) is 8.13. The van der Waals surface area contributed by atoms with Gasteiger partial charge in [0.1, 0.15) is 11.6 Å². The first-order valence-corrected chi connectivity index (χ1v) is 7.12. The van der Waals surface area contributed by atoms with E-state index in [9.17, 15) is 4.79 Å². The van der Waals surface area contributed by atoms with Crippen molar-refractivity contribution in [3.8, 4) is 5.82 Å². The number of imidazole rings is 1. The molecule has 0 aliphatic carbocycles. The number of amides is 1. The van der Waals surface area contributed by atoms with E-state index in [-0.39, 0.29) is 5.91 Å². The molecule has 0 radical (unpaired) electrons. The van der Waals surface area contributed by atoms with E-state index < -0.39 is 0 Å². The Hall–Kier alpha value is -2.21. The van der Waals surface area contributed by atoms with Crippen LogP contribution in [0.1, 0.15) is 19.7 Å². The van der Waals surface area contributed by atoms with Crippen LogP contribution in [0.2, 0.25) is 0 Å². The molecule has 0 saturated heterocycles. The van der Waals surface area contributed by atoms with Gasteiger partial charge in [-0.25, -0.2) is 9.97 Å². The number of rotatable bonds is 6. The van der Waals surface area contributed by atoms with Gasteiger partial charge in [0.15, 0.2) is 0 Å². The minimum absolute atomic E-state index is 0.0212. The number of likely N-dealkylation sites (N-methyl/N-ethyl adjacent to an activating group) is 1. The van der Waals surface area contributed by atoms with Gasteiger partial charge in [0.25, 0.3) is 0 Å². The fourth-order valence-electron chi connectivity index (χ4n) is 2.07. The molecule has 112 valence electrons. The molecule has 2 aromatic heterocycles. The quantitative estimate of drug-likeness (QED) is 0.881. The molecule has 1 amide bonds. The van der Waals surface area contributed by atoms with E-state index in [4.69, 9.17) is 0 Å². The average molecular weight is 287 g/mol. The van der Waals surface area contributed by atoms with E-state index in [1.165, 1.54) is 0 Å². The Kier molecular flexibility index (Phi) is 5.05. The molecule has 1 N–H and O–H groups in total. The summed E-state index contributed by atoms with van der Waals surface area (Å²) in [5, 5.41) is 2.86. The van der Waals surface area contributed by atoms with Gasteiger partial charge in [-0.05, 0) is 32.1 Å². The molecule has 0 aromatic carbocycles. The molecule has 0 bridgehead atoms. The van der Waals surface area contributed by atoms with Crippen LogP contribution in [0.25, 0.3) is 5.82 Å². The highest BCUT2D eigenvalue weighted by atomic mass is 16.2. The van der Waals surface area contributed by atoms with Gasteiger partial charge < -0.3 is 5.32 Å². The van der Waals surface area contributed by atoms with Crippen LogP contribution in [-0.4, -0.2) is 45.0 Å². The number of carbonyl (C=O) groups is 1. The molecular weight excluding hydrogens is 266 g/mol. The Morgan fingerprint density at radius 2 is 2.05 bits per heavy atom. The topological polar surface area (TPSA) is 63.1 Å². The van der Waals surface area contributed by atoms with E-state index in [1.807, 2.05) is 43.7 Å². The van der Waals surface area contributed by atoms with Crippen LogP contribution in [-0.2, 0) is 4.79 Å². The highest BCUT2D eigenvalue weighted by Crippen LogP contribution is 2.11. The molecule has 0 fully saturated rings. The highest BCUT2D eigenvalue weighted by Gasteiger charge is 2.08. The number of hydrogen-bond donors (Lipinski definition) is 1. The number of aryl methyl sites for hydroxylation is 1. The van der Waals surface area contributed by atoms with Crippen LogP contribution >= 0.6 is 0 Å². The predicted molar refractivity (Wildman–Crippen MR) is 82.5 cm³/mol. The van der Waals surface area contributed by atoms with Crippen molar-refractivity contribution < 1.29 is 4.79 Å². The number of nitrogens with one attached hydrogen (secondary N) is 1. The molecule has 0 aliphatic heterocycles. The first-order chi connectivity index (χ1) is 10.1. The Morgan fingerprint density at radius 3 is 2.57 bits per heavy atom. The lowest BCUT2D eigenvalue weighted by molar-refractivity contribution is -0.117. The lowest BCUT2D eigenvalue weighted by atomic mass is 10.3. The number of pyridine rings is 1. The van der Waals surface area contributed by atoms with Crippen molar-refractivity contribution in [1.29, 1.82) is 0 Å². The smallest absolute Gasteiger partial charge is 0.238 e. The van der Waals surface area contributed by atoms with Crippen LogP contribution in [0.5, 0.6) is 0 Å². The Morgan fingerprint density at radius 1 is 1.29 bits per heavy atom. The fraction of sp³-hybridized carbons (Fsp3) is 0.400. The predicted octanol–water partition coefficient (Wildman–Crippen LogP) is 1.86. The van der Waals surface area contributed by atoms with Crippen LogP contribution in [0.3, 0.4) is 0 Å². The van der Waals surface area contributed by atoms with E-state index in [1.54, 1.807) is 12.4 Å². The van der Waals surface area contributed by atoms with Crippen molar-refractivity contribution in [2.45, 2.75) is 20.8 Å². The van der Waals surface area contributed by atoms with Crippen LogP contribution < -0.4 is 5.32 Å². The molecular formula is C15H21N5O. The molecule has 6 heteroatoms. The van der Waals surface area contributed by atoms with Crippen molar-refractivity contribution in [3.63, 3.8) is 0 Å². The summed E-state index contributed by atoms with van der Waals surface area (Å²) >= 11 is 0. The summed E-state index contributed by atoms with van der Waals surface area (Å²) in [4.78, 5) is 22.5. The highest BCUT2D eigenvalue weighted by molar-refractivity contribution is 5.92. The lowest BCUT2D eigenvalue weighted by Gasteiger charge is -2.17. The Bertz CT molecular complexity index is 586. The van der Waals surface area contributed by atoms with Gasteiger partial charge >= 0.3 is 0 Å². The monoisotopic (exact) mass is 287 g/mol. The molecule has 0 saturated carbocycles. The zero-order valence-electron chi connectivity index (χ0n) is 12.7. The molecule has 2 aromatic rings. The van der Waals surface area contributed by atoms with Crippen LogP contribution in [0.15, 0.2) is 30.7 Å². The zero-order chi connectivity index (χ0) is 15.2. The van der Waals surface area contributed by atoms with Crippen molar-refractivity contribution in [1.82, 2.24) is 19.4 Å². The van der Waals surface area contributed by atoms with Gasteiger partial charge in [-0.2, -0.15) is 0 Å². The van der Waals surface area contributed by atoms with Crippen molar-refractivity contribution in [2.75, 3.05) is 25.0 Å². The standard InChI is InChI=1S/C15H21N5O/c1-4-19(5-2)11-15(21)18-13-6-7-14(17-10-13)20-9-8-16-12(20)3/h6-10H,4-5,11H2,1-3H3,(H,18,21). The molecule has 6 nitrogen and oxygen atoms in total. The zero-order valence-corrected chi connectivity index (χ0v) is 12.7. The average Bonchev–Trinajstić information content (AvgIpc) is 2.92. The van der Waals surface area contributed by atoms with Gasteiger partial charge in [-0.1, -0.05) is 13.8 Å².